The normalized spacial score (nSPS) is 22.0. The van der Waals surface area contributed by atoms with Gasteiger partial charge in [0.05, 0.1) is 11.1 Å². The number of hydrogen-bond acceptors (Lipinski definition) is 2. The van der Waals surface area contributed by atoms with Gasteiger partial charge in [0.1, 0.15) is 0 Å². The second kappa shape index (κ2) is 4.52. The topological polar surface area (TPSA) is 28.3 Å². The molecule has 1 aliphatic heterocycles. The van der Waals surface area contributed by atoms with Crippen LogP contribution in [0.25, 0.3) is 10.9 Å². The molecule has 108 valence electrons. The van der Waals surface area contributed by atoms with E-state index in [0.717, 1.165) is 16.7 Å². The zero-order valence-electron chi connectivity index (χ0n) is 12.9. The van der Waals surface area contributed by atoms with Crippen LogP contribution in [-0.4, -0.2) is 21.1 Å². The fourth-order valence-corrected chi connectivity index (χ4v) is 3.44. The molecule has 0 spiro atoms. The van der Waals surface area contributed by atoms with Crippen molar-refractivity contribution in [1.82, 2.24) is 10.0 Å². The van der Waals surface area contributed by atoms with E-state index in [2.05, 4.69) is 55.9 Å². The van der Waals surface area contributed by atoms with Crippen LogP contribution in [0.5, 0.6) is 5.75 Å². The summed E-state index contributed by atoms with van der Waals surface area (Å²) in [5, 5.41) is 3.34. The number of H-pyrrole nitrogens is 1. The number of fused-ring (bicyclic) bond motifs is 1. The van der Waals surface area contributed by atoms with E-state index in [-0.39, 0.29) is 11.1 Å². The van der Waals surface area contributed by atoms with Gasteiger partial charge in [-0.3, -0.25) is 0 Å². The third kappa shape index (κ3) is 2.20. The van der Waals surface area contributed by atoms with Gasteiger partial charge in [-0.1, -0.05) is 12.1 Å². The van der Waals surface area contributed by atoms with Gasteiger partial charge in [-0.25, -0.2) is 0 Å². The molecule has 0 aliphatic carbocycles. The maximum Gasteiger partial charge on any atom is 0.172 e. The van der Waals surface area contributed by atoms with Crippen LogP contribution in [0.15, 0.2) is 30.5 Å². The van der Waals surface area contributed by atoms with Crippen LogP contribution in [0.1, 0.15) is 47.0 Å². The Bertz CT molecular complexity index is 596. The first-order chi connectivity index (χ1) is 9.40. The molecular formula is C17H24N2O. The van der Waals surface area contributed by atoms with Crippen LogP contribution in [0, 0.1) is 0 Å². The molecular weight excluding hydrogens is 248 g/mol. The highest BCUT2D eigenvalue weighted by Crippen LogP contribution is 2.39. The van der Waals surface area contributed by atoms with Gasteiger partial charge in [0.2, 0.25) is 0 Å². The van der Waals surface area contributed by atoms with Crippen LogP contribution >= 0.6 is 0 Å². The standard InChI is InChI=1S/C17H24N2O/c1-16(2)10-7-11-17(3,4)19(16)20-15-12-18-14-9-6-5-8-13(14)15/h5-6,8-9,12,18H,7,10-11H2,1-4H3. The molecule has 2 heterocycles. The van der Waals surface area contributed by atoms with Crippen molar-refractivity contribution in [3.63, 3.8) is 0 Å². The monoisotopic (exact) mass is 272 g/mol. The largest absolute Gasteiger partial charge is 0.403 e. The van der Waals surface area contributed by atoms with E-state index in [0.29, 0.717) is 0 Å². The summed E-state index contributed by atoms with van der Waals surface area (Å²) in [5.74, 6) is 0.920. The summed E-state index contributed by atoms with van der Waals surface area (Å²) in [5.41, 5.74) is 1.23. The van der Waals surface area contributed by atoms with Gasteiger partial charge in [-0.2, -0.15) is 0 Å². The van der Waals surface area contributed by atoms with E-state index in [1.807, 2.05) is 12.3 Å². The molecule has 0 amide bonds. The SMILES string of the molecule is CC1(C)CCCC(C)(C)N1Oc1c[nH]c2ccccc12. The molecule has 1 aromatic heterocycles. The Balaban J connectivity index is 1.96. The third-order valence-corrected chi connectivity index (χ3v) is 4.42. The van der Waals surface area contributed by atoms with Gasteiger partial charge in [0.15, 0.2) is 5.75 Å². The van der Waals surface area contributed by atoms with Crippen molar-refractivity contribution >= 4 is 10.9 Å². The fourth-order valence-electron chi connectivity index (χ4n) is 3.44. The molecule has 0 bridgehead atoms. The highest BCUT2D eigenvalue weighted by atomic mass is 16.7. The summed E-state index contributed by atoms with van der Waals surface area (Å²) < 4.78 is 0. The lowest BCUT2D eigenvalue weighted by atomic mass is 9.82. The molecule has 3 rings (SSSR count). The highest BCUT2D eigenvalue weighted by molar-refractivity contribution is 5.85. The minimum atomic E-state index is 0.0557. The van der Waals surface area contributed by atoms with Crippen LogP contribution in [0.4, 0.5) is 0 Å². The van der Waals surface area contributed by atoms with Gasteiger partial charge in [0, 0.05) is 17.1 Å². The van der Waals surface area contributed by atoms with E-state index in [1.54, 1.807) is 0 Å². The zero-order chi connectivity index (χ0) is 14.4. The molecule has 3 nitrogen and oxygen atoms in total. The lowest BCUT2D eigenvalue weighted by molar-refractivity contribution is -0.216. The van der Waals surface area contributed by atoms with Gasteiger partial charge in [-0.15, -0.1) is 5.06 Å². The summed E-state index contributed by atoms with van der Waals surface area (Å²) in [4.78, 5) is 9.62. The number of benzene rings is 1. The first-order valence-electron chi connectivity index (χ1n) is 7.45. The number of piperidine rings is 1. The van der Waals surface area contributed by atoms with Crippen molar-refractivity contribution in [1.29, 1.82) is 0 Å². The van der Waals surface area contributed by atoms with E-state index >= 15 is 0 Å². The van der Waals surface area contributed by atoms with Crippen LogP contribution in [0.2, 0.25) is 0 Å². The molecule has 1 saturated heterocycles. The second-order valence-electron chi connectivity index (χ2n) is 7.06. The Morgan fingerprint density at radius 1 is 1.05 bits per heavy atom. The number of aromatic nitrogens is 1. The first kappa shape index (κ1) is 13.5. The summed E-state index contributed by atoms with van der Waals surface area (Å²) in [6, 6.07) is 8.27. The predicted molar refractivity (Wildman–Crippen MR) is 82.8 cm³/mol. The van der Waals surface area contributed by atoms with Crippen molar-refractivity contribution < 1.29 is 4.84 Å². The maximum absolute atomic E-state index is 6.34. The fraction of sp³-hybridized carbons (Fsp3) is 0.529. The first-order valence-corrected chi connectivity index (χ1v) is 7.45. The average molecular weight is 272 g/mol. The van der Waals surface area contributed by atoms with E-state index in [1.165, 1.54) is 19.3 Å². The average Bonchev–Trinajstić information content (AvgIpc) is 2.77. The number of hydroxylamine groups is 2. The number of para-hydroxylation sites is 1. The Morgan fingerprint density at radius 2 is 1.70 bits per heavy atom. The Labute approximate surface area is 120 Å². The van der Waals surface area contributed by atoms with Crippen LogP contribution in [-0.2, 0) is 0 Å². The maximum atomic E-state index is 6.34. The van der Waals surface area contributed by atoms with Gasteiger partial charge in [0.25, 0.3) is 0 Å². The third-order valence-electron chi connectivity index (χ3n) is 4.42. The molecule has 0 radical (unpaired) electrons. The molecule has 1 fully saturated rings. The van der Waals surface area contributed by atoms with Crippen molar-refractivity contribution in [2.24, 2.45) is 0 Å². The van der Waals surface area contributed by atoms with Crippen molar-refractivity contribution in [3.8, 4) is 5.75 Å². The van der Waals surface area contributed by atoms with E-state index in [4.69, 9.17) is 4.84 Å². The molecule has 0 unspecified atom stereocenters. The van der Waals surface area contributed by atoms with Gasteiger partial charge < -0.3 is 9.82 Å². The van der Waals surface area contributed by atoms with Crippen LogP contribution < -0.4 is 4.84 Å². The lowest BCUT2D eigenvalue weighted by Gasteiger charge is -2.50. The minimum absolute atomic E-state index is 0.0557. The molecule has 0 saturated carbocycles. The number of nitrogens with one attached hydrogen (secondary N) is 1. The number of nitrogens with zero attached hydrogens (tertiary/aromatic N) is 1. The molecule has 0 atom stereocenters. The van der Waals surface area contributed by atoms with Gasteiger partial charge in [-0.05, 0) is 59.1 Å². The minimum Gasteiger partial charge on any atom is -0.403 e. The smallest absolute Gasteiger partial charge is 0.172 e. The summed E-state index contributed by atoms with van der Waals surface area (Å²) in [6.45, 7) is 9.07. The number of hydrogen-bond donors (Lipinski definition) is 1. The van der Waals surface area contributed by atoms with E-state index < -0.39 is 0 Å². The number of rotatable bonds is 2. The zero-order valence-corrected chi connectivity index (χ0v) is 12.9. The Morgan fingerprint density at radius 3 is 2.40 bits per heavy atom. The lowest BCUT2D eigenvalue weighted by Crippen LogP contribution is -2.59. The Kier molecular flexibility index (Phi) is 3.05. The van der Waals surface area contributed by atoms with Crippen molar-refractivity contribution in [2.45, 2.75) is 58.0 Å². The van der Waals surface area contributed by atoms with Crippen LogP contribution in [0.3, 0.4) is 0 Å². The van der Waals surface area contributed by atoms with Gasteiger partial charge >= 0.3 is 0 Å². The summed E-state index contributed by atoms with van der Waals surface area (Å²) in [7, 11) is 0. The Hall–Kier alpha value is -1.48. The molecule has 2 aromatic rings. The molecule has 1 N–H and O–H groups in total. The molecule has 1 aliphatic rings. The number of aromatic amines is 1. The quantitative estimate of drug-likeness (QED) is 0.871. The second-order valence-corrected chi connectivity index (χ2v) is 7.06. The summed E-state index contributed by atoms with van der Waals surface area (Å²) in [6.07, 6.45) is 5.55. The predicted octanol–water partition coefficient (Wildman–Crippen LogP) is 4.50. The van der Waals surface area contributed by atoms with E-state index in [9.17, 15) is 0 Å². The molecule has 1 aromatic carbocycles. The molecule has 3 heteroatoms. The molecule has 20 heavy (non-hydrogen) atoms. The summed E-state index contributed by atoms with van der Waals surface area (Å²) >= 11 is 0. The van der Waals surface area contributed by atoms with Crippen molar-refractivity contribution in [3.05, 3.63) is 30.5 Å². The van der Waals surface area contributed by atoms with Crippen molar-refractivity contribution in [2.75, 3.05) is 0 Å². The highest BCUT2D eigenvalue weighted by Gasteiger charge is 2.43.